The van der Waals surface area contributed by atoms with E-state index in [9.17, 15) is 0 Å². The van der Waals surface area contributed by atoms with Crippen molar-refractivity contribution in [3.05, 3.63) is 127 Å². The third-order valence-electron chi connectivity index (χ3n) is 13.9. The molecule has 4 heteroatoms. The van der Waals surface area contributed by atoms with Gasteiger partial charge in [-0.3, -0.25) is 0 Å². The Labute approximate surface area is 382 Å². The van der Waals surface area contributed by atoms with Crippen LogP contribution in [0.5, 0.6) is 0 Å². The van der Waals surface area contributed by atoms with Crippen molar-refractivity contribution < 1.29 is 17.4 Å². The van der Waals surface area contributed by atoms with Crippen molar-refractivity contribution in [2.75, 3.05) is 0 Å². The van der Waals surface area contributed by atoms with E-state index in [-0.39, 0.29) is 46.5 Å². The predicted octanol–water partition coefficient (Wildman–Crippen LogP) is 17.3. The summed E-state index contributed by atoms with van der Waals surface area (Å²) in [5.74, 6) is 0.887. The van der Waals surface area contributed by atoms with Crippen molar-refractivity contribution >= 4 is 43.8 Å². The summed E-state index contributed by atoms with van der Waals surface area (Å²) in [5.41, 5.74) is 23.7. The maximum Gasteiger partial charge on any atom is -0.147 e. The zero-order valence-corrected chi connectivity index (χ0v) is 46.8. The van der Waals surface area contributed by atoms with Gasteiger partial charge in [-0.05, 0) is 0 Å². The molecule has 4 aromatic rings. The van der Waals surface area contributed by atoms with Crippen LogP contribution in [0.15, 0.2) is 71.8 Å². The molecular formula is C56H80Cl2SiZr. The fourth-order valence-electron chi connectivity index (χ4n) is 10.4. The maximum atomic E-state index is 2.81. The van der Waals surface area contributed by atoms with Gasteiger partial charge in [0.2, 0.25) is 0 Å². The molecule has 2 aliphatic rings. The summed E-state index contributed by atoms with van der Waals surface area (Å²) < 4.78 is 6.55. The molecule has 0 nitrogen and oxygen atoms in total. The molecule has 326 valence electrons. The first-order valence-electron chi connectivity index (χ1n) is 22.4. The Bertz CT molecular complexity index is 2210. The first kappa shape index (κ1) is 50.7. The van der Waals surface area contributed by atoms with Gasteiger partial charge in [0, 0.05) is 0 Å². The molecule has 2 aliphatic carbocycles. The van der Waals surface area contributed by atoms with Crippen molar-refractivity contribution in [1.82, 2.24) is 0 Å². The number of hydrogen-bond acceptors (Lipinski definition) is 0. The molecule has 0 bridgehead atoms. The minimum absolute atomic E-state index is 0. The number of fused-ring (bicyclic) bond motifs is 2. The second-order valence-electron chi connectivity index (χ2n) is 24.6. The predicted molar refractivity (Wildman–Crippen MR) is 274 cm³/mol. The Morgan fingerprint density at radius 2 is 0.717 bits per heavy atom. The van der Waals surface area contributed by atoms with Crippen molar-refractivity contribution in [3.8, 4) is 22.3 Å². The fraction of sp³-hybridized carbons (Fsp3) is 0.500. The average Bonchev–Trinajstić information content (AvgIpc) is 3.61. The van der Waals surface area contributed by atoms with Crippen LogP contribution < -0.4 is 0 Å². The van der Waals surface area contributed by atoms with E-state index in [1.807, 2.05) is 0 Å². The van der Waals surface area contributed by atoms with E-state index < -0.39 is 17.4 Å². The van der Waals surface area contributed by atoms with Crippen LogP contribution in [-0.2, 0) is 39.1 Å². The molecule has 0 spiro atoms. The van der Waals surface area contributed by atoms with Gasteiger partial charge in [-0.1, -0.05) is 0 Å². The summed E-state index contributed by atoms with van der Waals surface area (Å²) in [6.45, 7) is 45.3. The molecule has 6 rings (SSSR count). The molecule has 0 N–H and O–H groups in total. The van der Waals surface area contributed by atoms with Gasteiger partial charge >= 0.3 is 361 Å². The second kappa shape index (κ2) is 16.5. The molecule has 60 heavy (non-hydrogen) atoms. The molecule has 2 unspecified atom stereocenters. The number of hydrogen-bond donors (Lipinski definition) is 0. The van der Waals surface area contributed by atoms with E-state index in [2.05, 4.69) is 214 Å². The summed E-state index contributed by atoms with van der Waals surface area (Å²) in [6, 6.07) is 25.4. The van der Waals surface area contributed by atoms with Crippen LogP contribution in [0.2, 0.25) is 9.26 Å². The van der Waals surface area contributed by atoms with Crippen LogP contribution in [0.4, 0.5) is 0 Å². The quantitative estimate of drug-likeness (QED) is 0.169. The van der Waals surface area contributed by atoms with Crippen molar-refractivity contribution in [3.63, 3.8) is 0 Å². The van der Waals surface area contributed by atoms with Gasteiger partial charge in [0.15, 0.2) is 0 Å². The number of allylic oxidation sites excluding steroid dienone is 2. The first-order chi connectivity index (χ1) is 26.3. The molecule has 0 amide bonds. The molecule has 0 radical (unpaired) electrons. The van der Waals surface area contributed by atoms with E-state index in [4.69, 9.17) is 0 Å². The van der Waals surface area contributed by atoms with Crippen molar-refractivity contribution in [2.45, 2.75) is 175 Å². The van der Waals surface area contributed by atoms with Crippen LogP contribution in [0.25, 0.3) is 34.4 Å². The molecule has 0 aliphatic heterocycles. The minimum Gasteiger partial charge on any atom is -0.147 e. The van der Waals surface area contributed by atoms with Crippen LogP contribution >= 0.6 is 24.8 Å². The number of rotatable bonds is 6. The third-order valence-corrected chi connectivity index (χ3v) is 31.8. The molecule has 0 aromatic heterocycles. The third kappa shape index (κ3) is 9.45. The Kier molecular flexibility index (Phi) is 14.0. The van der Waals surface area contributed by atoms with Gasteiger partial charge in [-0.15, -0.1) is 24.8 Å². The SMILES string of the molecule is CC1=Cc2c(-c3cc(C(C)(C)C)cc(C(C)(C)C)c3)cc(C(C)C)cc2[CH]1[Zr]([CH3])([CH3])(=[SiH2])[CH]1C(C)=Cc2c(-c3cc(C(C)(C)C)cc(C(C)(C)C)c3)cc(C(C)C)cc21.Cl.Cl. The fourth-order valence-corrected chi connectivity index (χ4v) is 31.6. The summed E-state index contributed by atoms with van der Waals surface area (Å²) in [6.07, 6.45) is 5.23. The van der Waals surface area contributed by atoms with E-state index in [0.29, 0.717) is 19.1 Å². The van der Waals surface area contributed by atoms with Gasteiger partial charge in [-0.25, -0.2) is 0 Å². The van der Waals surface area contributed by atoms with Crippen LogP contribution in [0.3, 0.4) is 0 Å². The molecule has 4 aromatic carbocycles. The van der Waals surface area contributed by atoms with E-state index in [1.54, 1.807) is 22.3 Å². The largest absolute Gasteiger partial charge is 0.147 e. The number of halogens is 2. The molecular weight excluding hydrogens is 863 g/mol. The zero-order valence-electron chi connectivity index (χ0n) is 41.3. The molecule has 0 fully saturated rings. The maximum absolute atomic E-state index is 3.87. The molecule has 0 heterocycles. The standard InChI is InChI=1S/2C27H35.2CH3.2ClH.H2Si.Zr/c2*1-17(2)19-12-20-10-18(3)11-24(20)25(15-19)21-13-22(26(4,5)6)16-23(14-21)27(7,8)9;;;;;;/h2*10-17H,1-9H3;2*1H3;2*1H;1H2;. The van der Waals surface area contributed by atoms with Crippen LogP contribution in [0.1, 0.15) is 199 Å². The molecule has 2 atom stereocenters. The second-order valence-corrected chi connectivity index (χ2v) is 55.1. The normalized spacial score (nSPS) is 17.2. The van der Waals surface area contributed by atoms with Crippen molar-refractivity contribution in [1.29, 1.82) is 0 Å². The summed E-state index contributed by atoms with van der Waals surface area (Å²) in [5, 5.41) is 0. The Hall–Kier alpha value is -1.96. The molecule has 0 saturated carbocycles. The average molecular weight is 943 g/mol. The van der Waals surface area contributed by atoms with Gasteiger partial charge < -0.3 is 0 Å². The summed E-state index contributed by atoms with van der Waals surface area (Å²) >= 11 is -3.87. The Balaban J connectivity index is 0.00000397. The van der Waals surface area contributed by atoms with Gasteiger partial charge in [0.1, 0.15) is 0 Å². The first-order valence-corrected chi connectivity index (χ1v) is 36.1. The van der Waals surface area contributed by atoms with E-state index in [0.717, 1.165) is 0 Å². The summed E-state index contributed by atoms with van der Waals surface area (Å²) in [7, 11) is 0. The van der Waals surface area contributed by atoms with E-state index in [1.165, 1.54) is 66.8 Å². The zero-order chi connectivity index (χ0) is 43.5. The number of benzene rings is 4. The molecule has 0 saturated heterocycles. The van der Waals surface area contributed by atoms with E-state index >= 15 is 0 Å². The smallest absolute Gasteiger partial charge is 0.147 e. The monoisotopic (exact) mass is 940 g/mol. The van der Waals surface area contributed by atoms with Crippen LogP contribution in [-0.4, -0.2) is 6.88 Å². The Morgan fingerprint density at radius 3 is 0.950 bits per heavy atom. The van der Waals surface area contributed by atoms with Crippen LogP contribution in [0, 0.1) is 0 Å². The minimum atomic E-state index is -3.87. The summed E-state index contributed by atoms with van der Waals surface area (Å²) in [4.78, 5) is 0. The van der Waals surface area contributed by atoms with Crippen molar-refractivity contribution in [2.24, 2.45) is 0 Å². The van der Waals surface area contributed by atoms with Gasteiger partial charge in [-0.2, -0.15) is 0 Å². The van der Waals surface area contributed by atoms with Gasteiger partial charge in [0.25, 0.3) is 0 Å². The topological polar surface area (TPSA) is 0 Å². The van der Waals surface area contributed by atoms with Gasteiger partial charge in [0.05, 0.1) is 0 Å². The Morgan fingerprint density at radius 1 is 0.450 bits per heavy atom.